The van der Waals surface area contributed by atoms with Crippen molar-refractivity contribution in [3.8, 4) is 28.2 Å². The summed E-state index contributed by atoms with van der Waals surface area (Å²) in [4.78, 5) is 31.1. The van der Waals surface area contributed by atoms with Gasteiger partial charge in [-0.3, -0.25) is 18.8 Å². The van der Waals surface area contributed by atoms with Gasteiger partial charge in [0, 0.05) is 24.6 Å². The first-order valence-electron chi connectivity index (χ1n) is 13.6. The third-order valence-corrected chi connectivity index (χ3v) is 7.75. The number of carbonyl (C=O) groups excluding carboxylic acids is 1. The second-order valence-electron chi connectivity index (χ2n) is 10.6. The van der Waals surface area contributed by atoms with Crippen LogP contribution in [0.1, 0.15) is 43.4 Å². The molecule has 0 fully saturated rings. The zero-order valence-corrected chi connectivity index (χ0v) is 23.3. The highest BCUT2D eigenvalue weighted by molar-refractivity contribution is 5.95. The SMILES string of the molecule is Cc1ccc(-n2ccnn2)c(-c2cc(=O)n(C3CCC[C@@H](C)C(=O)Nc4cnn(C)c4-c4cc(F)cc3c4)cn2)c1F. The summed E-state index contributed by atoms with van der Waals surface area (Å²) in [6.45, 7) is 3.48. The fraction of sp³-hybridized carbons (Fsp3) is 0.267. The van der Waals surface area contributed by atoms with E-state index in [9.17, 15) is 9.59 Å². The third kappa shape index (κ3) is 4.89. The molecule has 1 N–H and O–H groups in total. The number of hydrogen-bond acceptors (Lipinski definition) is 6. The van der Waals surface area contributed by atoms with Gasteiger partial charge in [-0.2, -0.15) is 5.10 Å². The first-order chi connectivity index (χ1) is 20.2. The summed E-state index contributed by atoms with van der Waals surface area (Å²) in [5.41, 5.74) is 2.72. The van der Waals surface area contributed by atoms with E-state index in [-0.39, 0.29) is 23.1 Å². The van der Waals surface area contributed by atoms with Gasteiger partial charge in [0.1, 0.15) is 11.6 Å². The maximum Gasteiger partial charge on any atom is 0.254 e. The number of fused-ring (bicyclic) bond motifs is 4. The van der Waals surface area contributed by atoms with Crippen LogP contribution in [0.25, 0.3) is 28.2 Å². The van der Waals surface area contributed by atoms with Crippen LogP contribution in [0.5, 0.6) is 0 Å². The molecule has 1 amide bonds. The Labute approximate surface area is 239 Å². The molecule has 1 aliphatic heterocycles. The average Bonchev–Trinajstić information content (AvgIpc) is 3.62. The maximum absolute atomic E-state index is 15.5. The predicted octanol–water partition coefficient (Wildman–Crippen LogP) is 4.83. The molecule has 0 saturated heterocycles. The Morgan fingerprint density at radius 3 is 2.67 bits per heavy atom. The van der Waals surface area contributed by atoms with Crippen molar-refractivity contribution in [1.29, 1.82) is 0 Å². The lowest BCUT2D eigenvalue weighted by molar-refractivity contribution is -0.119. The molecule has 0 spiro atoms. The van der Waals surface area contributed by atoms with Crippen LogP contribution in [-0.2, 0) is 11.8 Å². The smallest absolute Gasteiger partial charge is 0.254 e. The van der Waals surface area contributed by atoms with Crippen LogP contribution in [0.4, 0.5) is 14.5 Å². The number of hydrogen-bond donors (Lipinski definition) is 1. The second kappa shape index (κ2) is 10.8. The highest BCUT2D eigenvalue weighted by atomic mass is 19.1. The van der Waals surface area contributed by atoms with Gasteiger partial charge in [0.15, 0.2) is 0 Å². The van der Waals surface area contributed by atoms with E-state index in [1.54, 1.807) is 49.2 Å². The van der Waals surface area contributed by atoms with Crippen LogP contribution in [-0.4, -0.2) is 40.2 Å². The van der Waals surface area contributed by atoms with Crippen molar-refractivity contribution in [3.63, 3.8) is 0 Å². The van der Waals surface area contributed by atoms with Gasteiger partial charge in [0.25, 0.3) is 5.56 Å². The van der Waals surface area contributed by atoms with Crippen molar-refractivity contribution in [1.82, 2.24) is 34.3 Å². The molecule has 1 aliphatic rings. The molecule has 3 aromatic heterocycles. The number of rotatable bonds is 3. The monoisotopic (exact) mass is 570 g/mol. The molecular formula is C30H28F2N8O2. The normalized spacial score (nSPS) is 17.2. The van der Waals surface area contributed by atoms with Gasteiger partial charge in [0.2, 0.25) is 5.91 Å². The molecule has 2 atom stereocenters. The minimum Gasteiger partial charge on any atom is -0.323 e. The Morgan fingerprint density at radius 2 is 1.90 bits per heavy atom. The minimum atomic E-state index is -0.586. The Kier molecular flexibility index (Phi) is 6.97. The predicted molar refractivity (Wildman–Crippen MR) is 152 cm³/mol. The van der Waals surface area contributed by atoms with E-state index in [1.807, 2.05) is 6.92 Å². The number of amides is 1. The molecular weight excluding hydrogens is 542 g/mol. The van der Waals surface area contributed by atoms with Crippen molar-refractivity contribution in [2.24, 2.45) is 13.0 Å². The number of nitrogens with zero attached hydrogens (tertiary/aromatic N) is 7. The van der Waals surface area contributed by atoms with E-state index in [4.69, 9.17) is 0 Å². The van der Waals surface area contributed by atoms with Crippen molar-refractivity contribution in [2.45, 2.75) is 39.2 Å². The highest BCUT2D eigenvalue weighted by Gasteiger charge is 2.25. The van der Waals surface area contributed by atoms with Crippen LogP contribution in [0.15, 0.2) is 66.1 Å². The van der Waals surface area contributed by atoms with Gasteiger partial charge >= 0.3 is 0 Å². The molecule has 12 heteroatoms. The van der Waals surface area contributed by atoms with Crippen LogP contribution in [0.2, 0.25) is 0 Å². The molecule has 4 heterocycles. The first kappa shape index (κ1) is 27.2. The molecule has 5 aromatic rings. The number of anilines is 1. The zero-order valence-electron chi connectivity index (χ0n) is 23.3. The number of benzene rings is 2. The molecule has 1 unspecified atom stereocenters. The summed E-state index contributed by atoms with van der Waals surface area (Å²) in [7, 11) is 1.72. The molecule has 0 saturated carbocycles. The molecule has 214 valence electrons. The standard InChI is InChI=1S/C30H28F2N8O2/c1-17-7-8-25(40-10-9-34-37-40)27(28(17)32)22-14-26(41)39(16-33-22)24-6-4-5-18(2)30(42)36-23-15-35-38(3)29(23)20-11-19(24)12-21(31)13-20/h7-16,18,24H,4-6H2,1-3H3,(H,36,42)/t18-,24?/m1/s1. The lowest BCUT2D eigenvalue weighted by Gasteiger charge is -2.23. The van der Waals surface area contributed by atoms with Gasteiger partial charge in [0.05, 0.1) is 59.3 Å². The van der Waals surface area contributed by atoms with E-state index in [2.05, 4.69) is 25.7 Å². The second-order valence-corrected chi connectivity index (χ2v) is 10.6. The van der Waals surface area contributed by atoms with Crippen molar-refractivity contribution in [2.75, 3.05) is 5.32 Å². The lowest BCUT2D eigenvalue weighted by Crippen LogP contribution is -2.27. The van der Waals surface area contributed by atoms with Crippen LogP contribution >= 0.6 is 0 Å². The Bertz CT molecular complexity index is 1860. The molecule has 10 nitrogen and oxygen atoms in total. The van der Waals surface area contributed by atoms with E-state index in [0.717, 1.165) is 0 Å². The van der Waals surface area contributed by atoms with Crippen LogP contribution < -0.4 is 10.9 Å². The Balaban J connectivity index is 1.48. The van der Waals surface area contributed by atoms with Crippen molar-refractivity contribution < 1.29 is 13.6 Å². The first-order valence-corrected chi connectivity index (χ1v) is 13.6. The summed E-state index contributed by atoms with van der Waals surface area (Å²) in [5, 5.41) is 15.0. The van der Waals surface area contributed by atoms with Gasteiger partial charge < -0.3 is 5.32 Å². The van der Waals surface area contributed by atoms with E-state index < -0.39 is 23.2 Å². The number of aryl methyl sites for hydroxylation is 2. The molecule has 0 aliphatic carbocycles. The largest absolute Gasteiger partial charge is 0.323 e. The van der Waals surface area contributed by atoms with Gasteiger partial charge in [-0.25, -0.2) is 18.4 Å². The van der Waals surface area contributed by atoms with Crippen LogP contribution in [0, 0.1) is 24.5 Å². The average molecular weight is 571 g/mol. The van der Waals surface area contributed by atoms with Gasteiger partial charge in [-0.1, -0.05) is 24.6 Å². The highest BCUT2D eigenvalue weighted by Crippen LogP contribution is 2.35. The minimum absolute atomic E-state index is 0.125. The zero-order chi connectivity index (χ0) is 29.5. The molecule has 42 heavy (non-hydrogen) atoms. The number of nitrogens with one attached hydrogen (secondary N) is 1. The topological polar surface area (TPSA) is 113 Å². The fourth-order valence-electron chi connectivity index (χ4n) is 5.51. The van der Waals surface area contributed by atoms with Gasteiger partial charge in [-0.05, 0) is 55.2 Å². The number of halogens is 2. The molecule has 6 rings (SSSR count). The van der Waals surface area contributed by atoms with Crippen LogP contribution in [0.3, 0.4) is 0 Å². The van der Waals surface area contributed by atoms with Crippen molar-refractivity contribution >= 4 is 11.6 Å². The Morgan fingerprint density at radius 1 is 1.07 bits per heavy atom. The Hall–Kier alpha value is -5.00. The summed E-state index contributed by atoms with van der Waals surface area (Å²) in [6.07, 6.45) is 7.55. The molecule has 0 radical (unpaired) electrons. The summed E-state index contributed by atoms with van der Waals surface area (Å²) >= 11 is 0. The van der Waals surface area contributed by atoms with Gasteiger partial charge in [-0.15, -0.1) is 5.10 Å². The van der Waals surface area contributed by atoms with E-state index in [0.29, 0.717) is 53.0 Å². The maximum atomic E-state index is 15.5. The number of aromatic nitrogens is 7. The van der Waals surface area contributed by atoms with E-state index >= 15 is 8.78 Å². The third-order valence-electron chi connectivity index (χ3n) is 7.75. The molecule has 2 aromatic carbocycles. The van der Waals surface area contributed by atoms with E-state index in [1.165, 1.54) is 40.0 Å². The summed E-state index contributed by atoms with van der Waals surface area (Å²) < 4.78 is 35.0. The lowest BCUT2D eigenvalue weighted by atomic mass is 9.94. The summed E-state index contributed by atoms with van der Waals surface area (Å²) in [6, 6.07) is 8.59. The number of carbonyl (C=O) groups is 1. The van der Waals surface area contributed by atoms with Crippen molar-refractivity contribution in [3.05, 3.63) is 94.4 Å². The summed E-state index contributed by atoms with van der Waals surface area (Å²) in [5.74, 6) is -1.48. The molecule has 2 bridgehead atoms. The fourth-order valence-corrected chi connectivity index (χ4v) is 5.51. The quantitative estimate of drug-likeness (QED) is 0.333.